The van der Waals surface area contributed by atoms with Crippen LogP contribution in [0.25, 0.3) is 6.08 Å². The van der Waals surface area contributed by atoms with Crippen molar-refractivity contribution in [3.63, 3.8) is 0 Å². The van der Waals surface area contributed by atoms with Gasteiger partial charge >= 0.3 is 0 Å². The summed E-state index contributed by atoms with van der Waals surface area (Å²) in [4.78, 5) is 28.7. The van der Waals surface area contributed by atoms with Crippen LogP contribution in [0.4, 0.5) is 5.13 Å². The van der Waals surface area contributed by atoms with Gasteiger partial charge in [0.2, 0.25) is 5.13 Å². The number of aliphatic hydroxyl groups is 1. The average Bonchev–Trinajstić information content (AvgIpc) is 3.61. The van der Waals surface area contributed by atoms with E-state index in [9.17, 15) is 14.7 Å². The van der Waals surface area contributed by atoms with Crippen LogP contribution in [0.5, 0.6) is 11.5 Å². The van der Waals surface area contributed by atoms with Gasteiger partial charge in [-0.2, -0.15) is 0 Å². The fourth-order valence-corrected chi connectivity index (χ4v) is 6.58. The van der Waals surface area contributed by atoms with Gasteiger partial charge in [-0.25, -0.2) is 0 Å². The second-order valence-corrected chi connectivity index (χ2v) is 13.2. The summed E-state index contributed by atoms with van der Waals surface area (Å²) < 4.78 is 12.3. The van der Waals surface area contributed by atoms with Crippen LogP contribution in [0.3, 0.4) is 0 Å². The summed E-state index contributed by atoms with van der Waals surface area (Å²) in [6.07, 6.45) is 3.90. The maximum atomic E-state index is 13.7. The number of amides is 1. The van der Waals surface area contributed by atoms with Gasteiger partial charge < -0.3 is 14.6 Å². The number of thioether (sulfide) groups is 1. The van der Waals surface area contributed by atoms with Crippen molar-refractivity contribution in [3.8, 4) is 11.5 Å². The molecule has 2 heterocycles. The lowest BCUT2D eigenvalue weighted by atomic mass is 9.95. The molecule has 1 atom stereocenters. The van der Waals surface area contributed by atoms with Gasteiger partial charge in [0, 0.05) is 5.75 Å². The lowest BCUT2D eigenvalue weighted by Crippen LogP contribution is -2.30. The summed E-state index contributed by atoms with van der Waals surface area (Å²) in [5, 5.41) is 20.1. The third kappa shape index (κ3) is 7.64. The number of anilines is 1. The van der Waals surface area contributed by atoms with E-state index in [4.69, 9.17) is 9.47 Å². The monoisotopic (exact) mass is 641 g/mol. The average molecular weight is 642 g/mol. The molecule has 1 aromatic heterocycles. The van der Waals surface area contributed by atoms with Gasteiger partial charge in [-0.3, -0.25) is 14.5 Å². The van der Waals surface area contributed by atoms with Gasteiger partial charge in [-0.15, -0.1) is 10.2 Å². The molecule has 45 heavy (non-hydrogen) atoms. The van der Waals surface area contributed by atoms with Crippen molar-refractivity contribution in [2.24, 2.45) is 5.92 Å². The second kappa shape index (κ2) is 14.6. The van der Waals surface area contributed by atoms with Gasteiger partial charge in [0.15, 0.2) is 27.4 Å². The van der Waals surface area contributed by atoms with Gasteiger partial charge in [0.25, 0.3) is 5.91 Å². The maximum Gasteiger partial charge on any atom is 0.296 e. The van der Waals surface area contributed by atoms with Crippen LogP contribution in [0, 0.1) is 12.8 Å². The highest BCUT2D eigenvalue weighted by Crippen LogP contribution is 2.45. The number of allylic oxidation sites excluding steroid dienone is 1. The van der Waals surface area contributed by atoms with Crippen LogP contribution in [0.1, 0.15) is 48.6 Å². The quantitative estimate of drug-likeness (QED) is 0.0898. The molecule has 4 aromatic rings. The van der Waals surface area contributed by atoms with Crippen molar-refractivity contribution in [1.82, 2.24) is 10.2 Å². The van der Waals surface area contributed by atoms with E-state index >= 15 is 0 Å². The molecule has 1 aliphatic heterocycles. The molecule has 8 nitrogen and oxygen atoms in total. The van der Waals surface area contributed by atoms with Gasteiger partial charge in [-0.05, 0) is 54.2 Å². The molecule has 1 amide bonds. The van der Waals surface area contributed by atoms with Crippen molar-refractivity contribution in [2.45, 2.75) is 43.3 Å². The number of rotatable bonds is 13. The molecule has 0 radical (unpaired) electrons. The third-order valence-electron chi connectivity index (χ3n) is 7.24. The Morgan fingerprint density at radius 2 is 1.82 bits per heavy atom. The Morgan fingerprint density at radius 1 is 1.07 bits per heavy atom. The summed E-state index contributed by atoms with van der Waals surface area (Å²) in [5.41, 5.74) is 3.64. The first-order valence-electron chi connectivity index (χ1n) is 14.6. The molecule has 0 fully saturated rings. The first-order chi connectivity index (χ1) is 21.7. The Labute approximate surface area is 271 Å². The first-order valence-corrected chi connectivity index (χ1v) is 16.4. The predicted octanol–water partition coefficient (Wildman–Crippen LogP) is 7.75. The number of carbonyl (C=O) groups excluding carboxylic acids is 2. The fourth-order valence-electron chi connectivity index (χ4n) is 4.76. The molecule has 3 aromatic carbocycles. The second-order valence-electron chi connectivity index (χ2n) is 11.0. The Balaban J connectivity index is 1.48. The predicted molar refractivity (Wildman–Crippen MR) is 179 cm³/mol. The van der Waals surface area contributed by atoms with Crippen molar-refractivity contribution in [3.05, 3.63) is 112 Å². The Kier molecular flexibility index (Phi) is 10.4. The topological polar surface area (TPSA) is 102 Å². The molecule has 1 N–H and O–H groups in total. The molecule has 1 unspecified atom stereocenters. The number of aromatic nitrogens is 2. The minimum atomic E-state index is -0.966. The summed E-state index contributed by atoms with van der Waals surface area (Å²) in [7, 11) is 1.54. The number of aliphatic hydroxyl groups excluding tert-OH is 1. The lowest BCUT2D eigenvalue weighted by Gasteiger charge is -2.24. The molecule has 0 bridgehead atoms. The van der Waals surface area contributed by atoms with E-state index in [1.807, 2.05) is 37.3 Å². The van der Waals surface area contributed by atoms with Crippen LogP contribution >= 0.6 is 23.1 Å². The number of carbonyl (C=O) groups is 2. The first kappa shape index (κ1) is 32.0. The summed E-state index contributed by atoms with van der Waals surface area (Å²) >= 11 is 2.74. The van der Waals surface area contributed by atoms with Crippen molar-refractivity contribution in [1.29, 1.82) is 0 Å². The molecule has 0 saturated heterocycles. The number of benzene rings is 3. The van der Waals surface area contributed by atoms with Crippen LogP contribution in [-0.2, 0) is 15.3 Å². The van der Waals surface area contributed by atoms with E-state index in [0.29, 0.717) is 39.7 Å². The molecule has 0 saturated carbocycles. The normalized spacial score (nSPS) is 15.0. The van der Waals surface area contributed by atoms with Crippen molar-refractivity contribution >= 4 is 46.0 Å². The highest BCUT2D eigenvalue weighted by atomic mass is 32.2. The smallest absolute Gasteiger partial charge is 0.296 e. The van der Waals surface area contributed by atoms with Crippen LogP contribution in [-0.4, -0.2) is 40.7 Å². The summed E-state index contributed by atoms with van der Waals surface area (Å²) in [6, 6.07) is 21.9. The lowest BCUT2D eigenvalue weighted by molar-refractivity contribution is -0.117. The van der Waals surface area contributed by atoms with E-state index in [2.05, 4.69) is 48.3 Å². The van der Waals surface area contributed by atoms with Crippen LogP contribution < -0.4 is 14.4 Å². The van der Waals surface area contributed by atoms with Crippen LogP contribution in [0.2, 0.25) is 0 Å². The number of ether oxygens (including phenoxy) is 2. The number of nitrogens with zero attached hydrogens (tertiary/aromatic N) is 3. The van der Waals surface area contributed by atoms with E-state index in [1.54, 1.807) is 24.3 Å². The SMILES string of the molecule is COc1cc(C2C(C(=O)C=Cc3ccccc3)=C(O)C(=O)N2c2nnc(SCc3ccc(C)cc3)s2)ccc1OCCC(C)C. The Hall–Kier alpha value is -4.41. The van der Waals surface area contributed by atoms with Crippen molar-refractivity contribution in [2.75, 3.05) is 18.6 Å². The van der Waals surface area contributed by atoms with Gasteiger partial charge in [-0.1, -0.05) is 109 Å². The fraction of sp³-hybridized carbons (Fsp3) is 0.257. The Bertz CT molecular complexity index is 1710. The molecule has 1 aliphatic rings. The zero-order valence-electron chi connectivity index (χ0n) is 25.6. The minimum Gasteiger partial charge on any atom is -0.503 e. The minimum absolute atomic E-state index is 0.0493. The highest BCUT2D eigenvalue weighted by molar-refractivity contribution is 8.00. The highest BCUT2D eigenvalue weighted by Gasteiger charge is 2.45. The van der Waals surface area contributed by atoms with Gasteiger partial charge in [0.05, 0.1) is 25.3 Å². The Morgan fingerprint density at radius 3 is 2.53 bits per heavy atom. The number of hydrogen-bond acceptors (Lipinski definition) is 9. The van der Waals surface area contributed by atoms with E-state index in [0.717, 1.165) is 17.5 Å². The molecule has 0 aliphatic carbocycles. The summed E-state index contributed by atoms with van der Waals surface area (Å²) in [5.74, 6) is 0.320. The number of methoxy groups -OCH3 is 1. The number of aryl methyl sites for hydroxylation is 1. The molecule has 5 rings (SSSR count). The number of ketones is 1. The van der Waals surface area contributed by atoms with Crippen LogP contribution in [0.15, 0.2) is 94.5 Å². The molecule has 0 spiro atoms. The zero-order valence-corrected chi connectivity index (χ0v) is 27.2. The molecular weight excluding hydrogens is 607 g/mol. The molecule has 10 heteroatoms. The van der Waals surface area contributed by atoms with E-state index in [1.165, 1.54) is 46.7 Å². The third-order valence-corrected chi connectivity index (χ3v) is 9.37. The van der Waals surface area contributed by atoms with Crippen molar-refractivity contribution < 1.29 is 24.2 Å². The maximum absolute atomic E-state index is 13.7. The number of hydrogen-bond donors (Lipinski definition) is 1. The van der Waals surface area contributed by atoms with E-state index in [-0.39, 0.29) is 10.7 Å². The largest absolute Gasteiger partial charge is 0.503 e. The van der Waals surface area contributed by atoms with E-state index < -0.39 is 23.5 Å². The molecular formula is C35H35N3O5S2. The van der Waals surface area contributed by atoms with Gasteiger partial charge in [0.1, 0.15) is 0 Å². The molecule has 232 valence electrons. The zero-order chi connectivity index (χ0) is 31.9. The summed E-state index contributed by atoms with van der Waals surface area (Å²) in [6.45, 7) is 6.81. The standard InChI is InChI=1S/C35H35N3O5S2/c1-22(2)18-19-43-28-17-15-26(20-29(28)42-4)31-30(27(39)16-14-24-8-6-5-7-9-24)32(40)33(41)38(31)34-36-37-35(45-34)44-21-25-12-10-23(3)11-13-25/h5-17,20,22,31,40H,18-19,21H2,1-4H3.